The number of carbonyl (C=O) groups excluding carboxylic acids is 1. The zero-order chi connectivity index (χ0) is 19.3. The number of halogens is 1. The van der Waals surface area contributed by atoms with Crippen molar-refractivity contribution in [1.29, 1.82) is 0 Å². The molecule has 1 atom stereocenters. The maximum Gasteiger partial charge on any atom is 0.292 e. The van der Waals surface area contributed by atoms with E-state index in [0.717, 1.165) is 5.39 Å². The normalized spacial score (nSPS) is 18.9. The molecule has 1 unspecified atom stereocenters. The number of hydrogen-bond donors (Lipinski definition) is 1. The van der Waals surface area contributed by atoms with E-state index in [1.165, 1.54) is 0 Å². The minimum Gasteiger partial charge on any atom is -0.451 e. The molecule has 142 valence electrons. The van der Waals surface area contributed by atoms with Crippen molar-refractivity contribution < 1.29 is 17.6 Å². The maximum atomic E-state index is 12.8. The van der Waals surface area contributed by atoms with Gasteiger partial charge in [-0.05, 0) is 38.5 Å². The summed E-state index contributed by atoms with van der Waals surface area (Å²) in [5.41, 5.74) is 1.97. The molecule has 9 heteroatoms. The number of aromatic nitrogens is 2. The first-order valence-corrected chi connectivity index (χ1v) is 10.7. The molecule has 1 N–H and O–H groups in total. The van der Waals surface area contributed by atoms with Gasteiger partial charge in [0.05, 0.1) is 23.2 Å². The monoisotopic (exact) mass is 407 g/mol. The Hall–Kier alpha value is -2.32. The smallest absolute Gasteiger partial charge is 0.292 e. The van der Waals surface area contributed by atoms with Crippen molar-refractivity contribution in [3.8, 4) is 0 Å². The van der Waals surface area contributed by atoms with Crippen LogP contribution in [-0.2, 0) is 9.84 Å². The number of fused-ring (bicyclic) bond motifs is 1. The Balaban J connectivity index is 1.65. The number of carbonyl (C=O) groups is 1. The summed E-state index contributed by atoms with van der Waals surface area (Å²) in [7, 11) is -3.06. The van der Waals surface area contributed by atoms with Gasteiger partial charge < -0.3 is 9.73 Å². The molecule has 3 aromatic rings. The van der Waals surface area contributed by atoms with E-state index in [0.29, 0.717) is 34.1 Å². The summed E-state index contributed by atoms with van der Waals surface area (Å²) >= 11 is 6.03. The number of nitrogens with one attached hydrogen (secondary N) is 1. The van der Waals surface area contributed by atoms with Crippen LogP contribution in [0.1, 0.15) is 34.3 Å². The van der Waals surface area contributed by atoms with Gasteiger partial charge >= 0.3 is 0 Å². The number of rotatable bonds is 3. The molecule has 4 rings (SSSR count). The Morgan fingerprint density at radius 3 is 2.81 bits per heavy atom. The highest BCUT2D eigenvalue weighted by Crippen LogP contribution is 2.30. The van der Waals surface area contributed by atoms with Gasteiger partial charge in [0.15, 0.2) is 15.6 Å². The van der Waals surface area contributed by atoms with Gasteiger partial charge in [-0.15, -0.1) is 0 Å². The molecular formula is C18H18ClN3O4S. The lowest BCUT2D eigenvalue weighted by Crippen LogP contribution is -2.19. The van der Waals surface area contributed by atoms with Crippen molar-refractivity contribution in [2.75, 3.05) is 16.8 Å². The van der Waals surface area contributed by atoms with Crippen LogP contribution >= 0.6 is 11.6 Å². The fraction of sp³-hybridized carbons (Fsp3) is 0.333. The van der Waals surface area contributed by atoms with E-state index in [1.54, 1.807) is 42.8 Å². The molecule has 3 heterocycles. The summed E-state index contributed by atoms with van der Waals surface area (Å²) in [6.07, 6.45) is 0.481. The van der Waals surface area contributed by atoms with Crippen LogP contribution in [0.15, 0.2) is 28.7 Å². The summed E-state index contributed by atoms with van der Waals surface area (Å²) in [5.74, 6) is 0.392. The molecule has 0 bridgehead atoms. The van der Waals surface area contributed by atoms with Crippen LogP contribution < -0.4 is 5.32 Å². The summed E-state index contributed by atoms with van der Waals surface area (Å²) in [4.78, 5) is 12.8. The summed E-state index contributed by atoms with van der Waals surface area (Å²) in [5, 5.41) is 8.52. The minimum absolute atomic E-state index is 0.0269. The van der Waals surface area contributed by atoms with E-state index >= 15 is 0 Å². The van der Waals surface area contributed by atoms with Crippen LogP contribution in [0.3, 0.4) is 0 Å². The second-order valence-corrected chi connectivity index (χ2v) is 9.49. The summed E-state index contributed by atoms with van der Waals surface area (Å²) in [6.45, 7) is 3.59. The molecule has 1 amide bonds. The van der Waals surface area contributed by atoms with Crippen LogP contribution in [0.25, 0.3) is 11.0 Å². The van der Waals surface area contributed by atoms with Gasteiger partial charge in [-0.25, -0.2) is 13.1 Å². The standard InChI is InChI=1S/C18H18ClN3O4S/c1-10-7-16(22(21-10)13-5-6-27(24,25)9-13)20-18(23)17-11(2)14-8-12(19)3-4-15(14)26-17/h3-4,7-8,13H,5-6,9H2,1-2H3,(H,20,23). The van der Waals surface area contributed by atoms with E-state index in [2.05, 4.69) is 10.4 Å². The molecule has 2 aromatic heterocycles. The quantitative estimate of drug-likeness (QED) is 0.716. The third-order valence-corrected chi connectivity index (χ3v) is 6.74. The third kappa shape index (κ3) is 3.35. The maximum absolute atomic E-state index is 12.8. The van der Waals surface area contributed by atoms with Crippen molar-refractivity contribution >= 4 is 44.1 Å². The number of nitrogens with zero attached hydrogens (tertiary/aromatic N) is 2. The van der Waals surface area contributed by atoms with E-state index in [1.807, 2.05) is 0 Å². The highest BCUT2D eigenvalue weighted by atomic mass is 35.5. The van der Waals surface area contributed by atoms with Gasteiger partial charge in [0.25, 0.3) is 5.91 Å². The molecule has 0 saturated carbocycles. The number of amides is 1. The number of anilines is 1. The van der Waals surface area contributed by atoms with Crippen LogP contribution in [-0.4, -0.2) is 35.6 Å². The van der Waals surface area contributed by atoms with Crippen LogP contribution in [0.4, 0.5) is 5.82 Å². The molecule has 1 fully saturated rings. The predicted octanol–water partition coefficient (Wildman–Crippen LogP) is 3.51. The second-order valence-electron chi connectivity index (χ2n) is 6.82. The van der Waals surface area contributed by atoms with Crippen molar-refractivity contribution in [1.82, 2.24) is 9.78 Å². The van der Waals surface area contributed by atoms with Gasteiger partial charge in [0, 0.05) is 22.0 Å². The lowest BCUT2D eigenvalue weighted by atomic mass is 10.1. The molecule has 1 aromatic carbocycles. The van der Waals surface area contributed by atoms with Crippen molar-refractivity contribution in [3.05, 3.63) is 46.3 Å². The zero-order valence-electron chi connectivity index (χ0n) is 14.8. The number of sulfone groups is 1. The Morgan fingerprint density at radius 2 is 2.11 bits per heavy atom. The average Bonchev–Trinajstić information content (AvgIpc) is 3.23. The fourth-order valence-electron chi connectivity index (χ4n) is 3.44. The molecule has 0 aliphatic carbocycles. The highest BCUT2D eigenvalue weighted by Gasteiger charge is 2.31. The first-order valence-electron chi connectivity index (χ1n) is 8.50. The van der Waals surface area contributed by atoms with Crippen molar-refractivity contribution in [3.63, 3.8) is 0 Å². The van der Waals surface area contributed by atoms with E-state index < -0.39 is 15.7 Å². The number of aryl methyl sites for hydroxylation is 2. The van der Waals surface area contributed by atoms with Crippen molar-refractivity contribution in [2.24, 2.45) is 0 Å². The minimum atomic E-state index is -3.06. The largest absolute Gasteiger partial charge is 0.451 e. The fourth-order valence-corrected chi connectivity index (χ4v) is 5.30. The van der Waals surface area contributed by atoms with Crippen LogP contribution in [0.2, 0.25) is 5.02 Å². The van der Waals surface area contributed by atoms with Crippen molar-refractivity contribution in [2.45, 2.75) is 26.3 Å². The van der Waals surface area contributed by atoms with E-state index in [4.69, 9.17) is 16.0 Å². The van der Waals surface area contributed by atoms with Gasteiger partial charge in [-0.2, -0.15) is 5.10 Å². The van der Waals surface area contributed by atoms with Gasteiger partial charge in [-0.1, -0.05) is 11.6 Å². The van der Waals surface area contributed by atoms with Crippen LogP contribution in [0.5, 0.6) is 0 Å². The Labute approximate surface area is 161 Å². The summed E-state index contributed by atoms with van der Waals surface area (Å²) < 4.78 is 30.9. The second kappa shape index (κ2) is 6.38. The van der Waals surface area contributed by atoms with Gasteiger partial charge in [0.2, 0.25) is 0 Å². The molecule has 7 nitrogen and oxygen atoms in total. The molecular weight excluding hydrogens is 390 g/mol. The topological polar surface area (TPSA) is 94.2 Å². The van der Waals surface area contributed by atoms with E-state index in [9.17, 15) is 13.2 Å². The SMILES string of the molecule is Cc1cc(NC(=O)c2oc3ccc(Cl)cc3c2C)n(C2CCS(=O)(=O)C2)n1. The third-order valence-electron chi connectivity index (χ3n) is 4.76. The first kappa shape index (κ1) is 18.1. The number of benzene rings is 1. The molecule has 1 aliphatic heterocycles. The summed E-state index contributed by atoms with van der Waals surface area (Å²) in [6, 6.07) is 6.61. The molecule has 27 heavy (non-hydrogen) atoms. The van der Waals surface area contributed by atoms with E-state index in [-0.39, 0.29) is 23.3 Å². The Morgan fingerprint density at radius 1 is 1.33 bits per heavy atom. The zero-order valence-corrected chi connectivity index (χ0v) is 16.4. The molecule has 1 saturated heterocycles. The predicted molar refractivity (Wildman–Crippen MR) is 103 cm³/mol. The molecule has 0 spiro atoms. The lowest BCUT2D eigenvalue weighted by Gasteiger charge is -2.13. The van der Waals surface area contributed by atoms with Gasteiger partial charge in [0.1, 0.15) is 11.4 Å². The Bertz CT molecular complexity index is 1160. The number of furan rings is 1. The van der Waals surface area contributed by atoms with Gasteiger partial charge in [-0.3, -0.25) is 4.79 Å². The average molecular weight is 408 g/mol. The molecule has 1 aliphatic rings. The number of hydrogen-bond acceptors (Lipinski definition) is 5. The Kier molecular flexibility index (Phi) is 4.27. The molecule has 0 radical (unpaired) electrons. The highest BCUT2D eigenvalue weighted by molar-refractivity contribution is 7.91. The van der Waals surface area contributed by atoms with Crippen LogP contribution in [0, 0.1) is 13.8 Å². The first-order chi connectivity index (χ1) is 12.7. The lowest BCUT2D eigenvalue weighted by molar-refractivity contribution is 0.0996.